The molecule has 0 bridgehead atoms. The molecule has 126 valence electrons. The van der Waals surface area contributed by atoms with E-state index in [0.717, 1.165) is 10.5 Å². The molecule has 8 heteroatoms. The fourth-order valence-electron chi connectivity index (χ4n) is 3.19. The van der Waals surface area contributed by atoms with Gasteiger partial charge in [-0.25, -0.2) is 4.79 Å². The topological polar surface area (TPSA) is 125 Å². The normalized spacial score (nSPS) is 26.3. The Morgan fingerprint density at radius 3 is 2.43 bits per heavy atom. The third kappa shape index (κ3) is 2.99. The fraction of sp³-hybridized carbons (Fsp3) is 0.533. The number of hydrogen-bond donors (Lipinski definition) is 2. The van der Waals surface area contributed by atoms with Crippen LogP contribution in [0, 0.1) is 0 Å². The maximum atomic E-state index is 12.1. The number of Topliss-reactive ketones (excluding diaryl/α,β-unsaturated/α-hetero) is 1. The smallest absolute Gasteiger partial charge is 0.316 e. The summed E-state index contributed by atoms with van der Waals surface area (Å²) in [7, 11) is 3.02. The van der Waals surface area contributed by atoms with Gasteiger partial charge in [-0.1, -0.05) is 17.7 Å². The lowest BCUT2D eigenvalue weighted by atomic mass is 9.83. The molecule has 1 atom stereocenters. The first-order chi connectivity index (χ1) is 10.8. The zero-order valence-electron chi connectivity index (χ0n) is 13.2. The maximum Gasteiger partial charge on any atom is 0.316 e. The van der Waals surface area contributed by atoms with E-state index < -0.39 is 23.3 Å². The Morgan fingerprint density at radius 1 is 1.26 bits per heavy atom. The lowest BCUT2D eigenvalue weighted by Crippen LogP contribution is -2.57. The molecular formula is C15H21N3O5. The number of hydrogen-bond acceptors (Lipinski definition) is 5. The SMILES string of the molecule is COC1(OC)C=CC=C(CC2(C(N)=O)CC(=O)CN2C(N)=O)C1. The first-order valence-corrected chi connectivity index (χ1v) is 7.15. The summed E-state index contributed by atoms with van der Waals surface area (Å²) >= 11 is 0. The summed E-state index contributed by atoms with van der Waals surface area (Å²) in [6.07, 6.45) is 5.61. The van der Waals surface area contributed by atoms with Crippen LogP contribution in [-0.4, -0.2) is 54.7 Å². The Morgan fingerprint density at radius 2 is 1.91 bits per heavy atom. The summed E-state index contributed by atoms with van der Waals surface area (Å²) in [5, 5.41) is 0. The van der Waals surface area contributed by atoms with Crippen molar-refractivity contribution in [2.24, 2.45) is 11.5 Å². The van der Waals surface area contributed by atoms with Crippen molar-refractivity contribution in [2.45, 2.75) is 30.6 Å². The van der Waals surface area contributed by atoms with Crippen LogP contribution in [0.5, 0.6) is 0 Å². The van der Waals surface area contributed by atoms with Crippen LogP contribution in [0.15, 0.2) is 23.8 Å². The number of ketones is 1. The molecule has 4 N–H and O–H groups in total. The highest BCUT2D eigenvalue weighted by molar-refractivity contribution is 6.01. The van der Waals surface area contributed by atoms with Crippen LogP contribution in [0.4, 0.5) is 4.79 Å². The molecule has 1 saturated heterocycles. The molecule has 0 aromatic heterocycles. The standard InChI is InChI=1S/C15H21N3O5/c1-22-15(23-2)5-3-4-10(7-15)6-14(12(16)20)8-11(19)9-18(14)13(17)21/h3-5H,6-9H2,1-2H3,(H2,16,20)(H2,17,21). The van der Waals surface area contributed by atoms with Crippen LogP contribution in [0.2, 0.25) is 0 Å². The third-order valence-electron chi connectivity index (χ3n) is 4.43. The summed E-state index contributed by atoms with van der Waals surface area (Å²) in [5.41, 5.74) is 10.2. The van der Waals surface area contributed by atoms with Crippen molar-refractivity contribution >= 4 is 17.7 Å². The van der Waals surface area contributed by atoms with Gasteiger partial charge in [0.15, 0.2) is 11.6 Å². The van der Waals surface area contributed by atoms with Gasteiger partial charge in [-0.3, -0.25) is 9.59 Å². The van der Waals surface area contributed by atoms with Crippen LogP contribution in [0.3, 0.4) is 0 Å². The monoisotopic (exact) mass is 323 g/mol. The molecule has 23 heavy (non-hydrogen) atoms. The molecule has 8 nitrogen and oxygen atoms in total. The Kier molecular flexibility index (Phi) is 4.58. The summed E-state index contributed by atoms with van der Waals surface area (Å²) in [6, 6.07) is -0.841. The zero-order chi connectivity index (χ0) is 17.3. The number of primary amides is 2. The van der Waals surface area contributed by atoms with E-state index in [1.165, 1.54) is 14.2 Å². The molecule has 1 unspecified atom stereocenters. The van der Waals surface area contributed by atoms with E-state index in [1.807, 2.05) is 0 Å². The number of likely N-dealkylation sites (tertiary alicyclic amines) is 1. The number of nitrogens with zero attached hydrogens (tertiary/aromatic N) is 1. The molecule has 0 aromatic carbocycles. The maximum absolute atomic E-state index is 12.1. The van der Waals surface area contributed by atoms with Crippen LogP contribution in [-0.2, 0) is 19.1 Å². The lowest BCUT2D eigenvalue weighted by Gasteiger charge is -2.37. The number of amides is 3. The Hall–Kier alpha value is -2.19. The van der Waals surface area contributed by atoms with Gasteiger partial charge < -0.3 is 25.8 Å². The molecule has 1 heterocycles. The second kappa shape index (κ2) is 6.13. The number of nitrogens with two attached hydrogens (primary N) is 2. The third-order valence-corrected chi connectivity index (χ3v) is 4.43. The molecule has 2 rings (SSSR count). The van der Waals surface area contributed by atoms with Crippen LogP contribution in [0.25, 0.3) is 0 Å². The van der Waals surface area contributed by atoms with E-state index in [0.29, 0.717) is 6.42 Å². The number of urea groups is 1. The highest BCUT2D eigenvalue weighted by atomic mass is 16.7. The zero-order valence-corrected chi connectivity index (χ0v) is 13.2. The summed E-state index contributed by atoms with van der Waals surface area (Å²) in [4.78, 5) is 36.6. The number of ether oxygens (including phenoxy) is 2. The van der Waals surface area contributed by atoms with E-state index >= 15 is 0 Å². The minimum absolute atomic E-state index is 0.107. The second-order valence-electron chi connectivity index (χ2n) is 5.79. The summed E-state index contributed by atoms with van der Waals surface area (Å²) in [5.74, 6) is -1.94. The van der Waals surface area contributed by atoms with Gasteiger partial charge in [-0.15, -0.1) is 0 Å². The van der Waals surface area contributed by atoms with Gasteiger partial charge in [0.1, 0.15) is 5.54 Å². The van der Waals surface area contributed by atoms with Gasteiger partial charge in [0, 0.05) is 33.5 Å². The summed E-state index contributed by atoms with van der Waals surface area (Å²) in [6.45, 7) is -0.207. The molecule has 1 fully saturated rings. The van der Waals surface area contributed by atoms with E-state index in [9.17, 15) is 14.4 Å². The van der Waals surface area contributed by atoms with Gasteiger partial charge >= 0.3 is 6.03 Å². The van der Waals surface area contributed by atoms with Crippen molar-refractivity contribution in [1.29, 1.82) is 0 Å². The molecule has 0 radical (unpaired) electrons. The molecule has 1 aliphatic carbocycles. The molecule has 0 saturated carbocycles. The van der Waals surface area contributed by atoms with Crippen molar-refractivity contribution in [3.05, 3.63) is 23.8 Å². The molecular weight excluding hydrogens is 302 g/mol. The Balaban J connectivity index is 2.32. The molecule has 0 aromatic rings. The highest BCUT2D eigenvalue weighted by Crippen LogP contribution is 2.38. The van der Waals surface area contributed by atoms with E-state index in [4.69, 9.17) is 20.9 Å². The van der Waals surface area contributed by atoms with Crippen molar-refractivity contribution in [1.82, 2.24) is 4.90 Å². The first-order valence-electron chi connectivity index (χ1n) is 7.15. The predicted octanol–water partition coefficient (Wildman–Crippen LogP) is -0.170. The number of methoxy groups -OCH3 is 2. The first kappa shape index (κ1) is 17.2. The van der Waals surface area contributed by atoms with E-state index in [2.05, 4.69) is 0 Å². The average molecular weight is 323 g/mol. The molecule has 1 aliphatic heterocycles. The largest absolute Gasteiger partial charge is 0.368 e. The Bertz CT molecular complexity index is 594. The van der Waals surface area contributed by atoms with Gasteiger partial charge in [-0.05, 0) is 6.08 Å². The van der Waals surface area contributed by atoms with Crippen LogP contribution in [0.1, 0.15) is 19.3 Å². The molecule has 0 spiro atoms. The number of allylic oxidation sites excluding steroid dienone is 2. The molecule has 2 aliphatic rings. The fourth-order valence-corrected chi connectivity index (χ4v) is 3.19. The van der Waals surface area contributed by atoms with Crippen molar-refractivity contribution in [3.63, 3.8) is 0 Å². The minimum atomic E-state index is -1.44. The van der Waals surface area contributed by atoms with Crippen LogP contribution < -0.4 is 11.5 Å². The van der Waals surface area contributed by atoms with Crippen molar-refractivity contribution in [3.8, 4) is 0 Å². The van der Waals surface area contributed by atoms with Gasteiger partial charge in [0.05, 0.1) is 6.54 Å². The molecule has 3 amide bonds. The average Bonchev–Trinajstić information content (AvgIpc) is 2.85. The number of carbonyl (C=O) groups is 3. The quantitative estimate of drug-likeness (QED) is 0.679. The van der Waals surface area contributed by atoms with Gasteiger partial charge in [0.2, 0.25) is 5.91 Å². The van der Waals surface area contributed by atoms with Crippen LogP contribution >= 0.6 is 0 Å². The number of rotatable bonds is 5. The highest BCUT2D eigenvalue weighted by Gasteiger charge is 2.52. The summed E-state index contributed by atoms with van der Waals surface area (Å²) < 4.78 is 10.7. The predicted molar refractivity (Wildman–Crippen MR) is 81.0 cm³/mol. The van der Waals surface area contributed by atoms with Gasteiger partial charge in [-0.2, -0.15) is 0 Å². The lowest BCUT2D eigenvalue weighted by molar-refractivity contribution is -0.170. The second-order valence-corrected chi connectivity index (χ2v) is 5.79. The van der Waals surface area contributed by atoms with E-state index in [1.54, 1.807) is 18.2 Å². The van der Waals surface area contributed by atoms with Crippen molar-refractivity contribution < 1.29 is 23.9 Å². The number of carbonyl (C=O) groups excluding carboxylic acids is 3. The minimum Gasteiger partial charge on any atom is -0.368 e. The van der Waals surface area contributed by atoms with Gasteiger partial charge in [0.25, 0.3) is 0 Å². The van der Waals surface area contributed by atoms with E-state index in [-0.39, 0.29) is 25.2 Å². The van der Waals surface area contributed by atoms with Crippen molar-refractivity contribution in [2.75, 3.05) is 20.8 Å². The Labute approximate surface area is 134 Å².